The highest BCUT2D eigenvalue weighted by atomic mass is 16.5. The predicted molar refractivity (Wildman–Crippen MR) is 85.7 cm³/mol. The van der Waals surface area contributed by atoms with Crippen LogP contribution in [0.5, 0.6) is 0 Å². The summed E-state index contributed by atoms with van der Waals surface area (Å²) in [5.41, 5.74) is -0.583. The highest BCUT2D eigenvalue weighted by Gasteiger charge is 2.47. The normalized spacial score (nSPS) is 27.3. The van der Waals surface area contributed by atoms with Gasteiger partial charge < -0.3 is 10.3 Å². The molecule has 3 rings (SSSR count). The number of nitrogens with zero attached hydrogens (tertiary/aromatic N) is 5. The highest BCUT2D eigenvalue weighted by molar-refractivity contribution is 5.79. The summed E-state index contributed by atoms with van der Waals surface area (Å²) in [6.45, 7) is 5.67. The third kappa shape index (κ3) is 2.88. The fourth-order valence-electron chi connectivity index (χ4n) is 3.72. The Morgan fingerprint density at radius 3 is 2.71 bits per heavy atom. The Balaban J connectivity index is 1.89. The van der Waals surface area contributed by atoms with Gasteiger partial charge in [-0.1, -0.05) is 0 Å². The van der Waals surface area contributed by atoms with E-state index in [1.807, 2.05) is 20.8 Å². The molecule has 2 aromatic heterocycles. The number of carbonyl (C=O) groups excluding carboxylic acids is 1. The molecule has 1 aliphatic heterocycles. The van der Waals surface area contributed by atoms with Crippen molar-refractivity contribution in [3.8, 4) is 0 Å². The van der Waals surface area contributed by atoms with Gasteiger partial charge in [0.05, 0.1) is 11.6 Å². The molecule has 0 spiro atoms. The summed E-state index contributed by atoms with van der Waals surface area (Å²) in [6.07, 6.45) is 8.38. The Morgan fingerprint density at radius 2 is 2.04 bits per heavy atom. The summed E-state index contributed by atoms with van der Waals surface area (Å²) in [5, 5.41) is 22.2. The van der Waals surface area contributed by atoms with Gasteiger partial charge in [-0.2, -0.15) is 5.06 Å². The van der Waals surface area contributed by atoms with Gasteiger partial charge in [-0.25, -0.2) is 14.8 Å². The van der Waals surface area contributed by atoms with Crippen LogP contribution in [0.15, 0.2) is 31.2 Å². The van der Waals surface area contributed by atoms with E-state index in [4.69, 9.17) is 0 Å². The van der Waals surface area contributed by atoms with Crippen LogP contribution in [0, 0.1) is 0 Å². The van der Waals surface area contributed by atoms with E-state index in [9.17, 15) is 15.1 Å². The Morgan fingerprint density at radius 1 is 1.29 bits per heavy atom. The van der Waals surface area contributed by atoms with Gasteiger partial charge in [0.2, 0.25) is 0 Å². The van der Waals surface area contributed by atoms with Crippen molar-refractivity contribution in [1.29, 1.82) is 0 Å². The van der Waals surface area contributed by atoms with Crippen LogP contribution < -0.4 is 0 Å². The van der Waals surface area contributed by atoms with E-state index in [1.165, 1.54) is 33.0 Å². The maximum absolute atomic E-state index is 12.5. The average molecular weight is 333 g/mol. The number of aromatic nitrogens is 4. The second-order valence-electron chi connectivity index (χ2n) is 7.37. The van der Waals surface area contributed by atoms with Crippen molar-refractivity contribution >= 4 is 6.03 Å². The minimum absolute atomic E-state index is 0.288. The highest BCUT2D eigenvalue weighted by Crippen LogP contribution is 2.38. The minimum atomic E-state index is -0.700. The molecule has 0 aromatic carbocycles. The molecule has 0 amide bonds. The van der Waals surface area contributed by atoms with Gasteiger partial charge >= 0.3 is 6.03 Å². The standard InChI is InChI=1S/C16H23N5O3/c1-15(2)7-13(22)8-16(3,21(15)24)6-12-9-18-11-20(12)14(23)19-5-4-17-10-19/h4-5,9-11,13,22,24H,6-8H2,1-3H3. The first kappa shape index (κ1) is 16.8. The molecule has 1 saturated heterocycles. The van der Waals surface area contributed by atoms with Crippen LogP contribution >= 0.6 is 0 Å². The number of rotatable bonds is 2. The summed E-state index contributed by atoms with van der Waals surface area (Å²) in [5.74, 6) is 0. The van der Waals surface area contributed by atoms with E-state index in [2.05, 4.69) is 9.97 Å². The Labute approximate surface area is 140 Å². The summed E-state index contributed by atoms with van der Waals surface area (Å²) < 4.78 is 2.80. The molecule has 2 aromatic rings. The molecule has 0 bridgehead atoms. The Hall–Kier alpha value is -2.03. The first-order valence-electron chi connectivity index (χ1n) is 7.94. The SMILES string of the molecule is CC1(C)CC(O)CC(C)(Cc2cncn2C(=O)n2ccnc2)N1O. The summed E-state index contributed by atoms with van der Waals surface area (Å²) in [4.78, 5) is 20.5. The fourth-order valence-corrected chi connectivity index (χ4v) is 3.72. The van der Waals surface area contributed by atoms with E-state index in [1.54, 1.807) is 12.4 Å². The zero-order valence-corrected chi connectivity index (χ0v) is 14.1. The molecule has 2 unspecified atom stereocenters. The van der Waals surface area contributed by atoms with E-state index < -0.39 is 17.2 Å². The van der Waals surface area contributed by atoms with Crippen LogP contribution in [0.25, 0.3) is 0 Å². The topological polar surface area (TPSA) is 96.4 Å². The molecule has 8 heteroatoms. The van der Waals surface area contributed by atoms with E-state index in [0.29, 0.717) is 25.0 Å². The predicted octanol–water partition coefficient (Wildman–Crippen LogP) is 1.52. The molecule has 1 fully saturated rings. The van der Waals surface area contributed by atoms with Gasteiger partial charge in [0.15, 0.2) is 0 Å². The lowest BCUT2D eigenvalue weighted by Crippen LogP contribution is -2.62. The zero-order chi connectivity index (χ0) is 17.5. The summed E-state index contributed by atoms with van der Waals surface area (Å²) in [7, 11) is 0. The van der Waals surface area contributed by atoms with Crippen LogP contribution in [0.4, 0.5) is 4.79 Å². The number of imidazole rings is 2. The number of aliphatic hydroxyl groups excluding tert-OH is 1. The van der Waals surface area contributed by atoms with Crippen molar-refractivity contribution in [3.05, 3.63) is 36.9 Å². The van der Waals surface area contributed by atoms with Gasteiger partial charge in [0.1, 0.15) is 12.7 Å². The van der Waals surface area contributed by atoms with Crippen LogP contribution in [-0.4, -0.2) is 57.7 Å². The fraction of sp³-hybridized carbons (Fsp3) is 0.562. The van der Waals surface area contributed by atoms with Crippen LogP contribution in [0.1, 0.15) is 39.3 Å². The molecule has 0 aliphatic carbocycles. The van der Waals surface area contributed by atoms with Crippen molar-refractivity contribution in [2.75, 3.05) is 0 Å². The molecule has 3 heterocycles. The molecule has 2 atom stereocenters. The maximum Gasteiger partial charge on any atom is 0.339 e. The average Bonchev–Trinajstić information content (AvgIpc) is 3.14. The van der Waals surface area contributed by atoms with Crippen molar-refractivity contribution in [1.82, 2.24) is 24.2 Å². The van der Waals surface area contributed by atoms with Crippen molar-refractivity contribution in [2.24, 2.45) is 0 Å². The molecule has 0 saturated carbocycles. The van der Waals surface area contributed by atoms with Crippen molar-refractivity contribution in [3.63, 3.8) is 0 Å². The minimum Gasteiger partial charge on any atom is -0.393 e. The number of hydrogen-bond donors (Lipinski definition) is 2. The molecule has 8 nitrogen and oxygen atoms in total. The van der Waals surface area contributed by atoms with Gasteiger partial charge in [-0.15, -0.1) is 0 Å². The molecule has 0 radical (unpaired) electrons. The quantitative estimate of drug-likeness (QED) is 0.865. The summed E-state index contributed by atoms with van der Waals surface area (Å²) in [6, 6.07) is -0.288. The molecular formula is C16H23N5O3. The second kappa shape index (κ2) is 5.80. The van der Waals surface area contributed by atoms with Crippen LogP contribution in [0.2, 0.25) is 0 Å². The van der Waals surface area contributed by atoms with Gasteiger partial charge in [0, 0.05) is 36.2 Å². The first-order chi connectivity index (χ1) is 11.2. The van der Waals surface area contributed by atoms with E-state index >= 15 is 0 Å². The van der Waals surface area contributed by atoms with Gasteiger partial charge in [-0.05, 0) is 33.6 Å². The first-order valence-corrected chi connectivity index (χ1v) is 7.94. The Kier molecular flexibility index (Phi) is 4.06. The molecule has 1 aliphatic rings. The monoisotopic (exact) mass is 333 g/mol. The molecule has 24 heavy (non-hydrogen) atoms. The number of aliphatic hydroxyl groups is 1. The summed E-state index contributed by atoms with van der Waals surface area (Å²) >= 11 is 0. The van der Waals surface area contributed by atoms with E-state index in [-0.39, 0.29) is 6.03 Å². The third-order valence-electron chi connectivity index (χ3n) is 4.70. The number of piperidine rings is 1. The van der Waals surface area contributed by atoms with Crippen LogP contribution in [0.3, 0.4) is 0 Å². The van der Waals surface area contributed by atoms with Crippen molar-refractivity contribution in [2.45, 2.75) is 57.2 Å². The lowest BCUT2D eigenvalue weighted by molar-refractivity contribution is -0.262. The lowest BCUT2D eigenvalue weighted by Gasteiger charge is -2.51. The molecule has 130 valence electrons. The van der Waals surface area contributed by atoms with E-state index in [0.717, 1.165) is 0 Å². The van der Waals surface area contributed by atoms with Crippen LogP contribution in [-0.2, 0) is 6.42 Å². The largest absolute Gasteiger partial charge is 0.393 e. The van der Waals surface area contributed by atoms with Crippen molar-refractivity contribution < 1.29 is 15.1 Å². The Bertz CT molecular complexity index is 724. The smallest absolute Gasteiger partial charge is 0.339 e. The second-order valence-corrected chi connectivity index (χ2v) is 7.37. The zero-order valence-electron chi connectivity index (χ0n) is 14.1. The third-order valence-corrected chi connectivity index (χ3v) is 4.70. The lowest BCUT2D eigenvalue weighted by atomic mass is 9.77. The van der Waals surface area contributed by atoms with Gasteiger partial charge in [-0.3, -0.25) is 9.13 Å². The number of hydrogen-bond acceptors (Lipinski definition) is 6. The molecular weight excluding hydrogens is 310 g/mol. The number of hydroxylamine groups is 2. The number of carbonyl (C=O) groups is 1. The maximum atomic E-state index is 12.5. The van der Waals surface area contributed by atoms with Gasteiger partial charge in [0.25, 0.3) is 0 Å². The molecule has 2 N–H and O–H groups in total.